The Morgan fingerprint density at radius 3 is 2.93 bits per heavy atom. The summed E-state index contributed by atoms with van der Waals surface area (Å²) in [5.41, 5.74) is 1.02. The topological polar surface area (TPSA) is 24.1 Å². The molecular formula is C9H10BrIN2S. The number of hydrogen-bond donors (Lipinski definition) is 2. The van der Waals surface area contributed by atoms with Crippen LogP contribution >= 0.6 is 50.7 Å². The fraction of sp³-hybridized carbons (Fsp3) is 0.222. The normalized spacial score (nSPS) is 9.64. The van der Waals surface area contributed by atoms with Gasteiger partial charge < -0.3 is 10.6 Å². The van der Waals surface area contributed by atoms with Gasteiger partial charge in [-0.2, -0.15) is 0 Å². The number of anilines is 1. The lowest BCUT2D eigenvalue weighted by molar-refractivity contribution is 0.979. The van der Waals surface area contributed by atoms with Crippen molar-refractivity contribution in [1.29, 1.82) is 0 Å². The number of halogens is 2. The lowest BCUT2D eigenvalue weighted by Crippen LogP contribution is -2.28. The molecule has 0 heterocycles. The molecule has 0 aliphatic heterocycles. The smallest absolute Gasteiger partial charge is 0.170 e. The largest absolute Gasteiger partial charge is 0.363 e. The molecule has 14 heavy (non-hydrogen) atoms. The van der Waals surface area contributed by atoms with Gasteiger partial charge in [-0.1, -0.05) is 15.9 Å². The van der Waals surface area contributed by atoms with Gasteiger partial charge >= 0.3 is 0 Å². The van der Waals surface area contributed by atoms with E-state index in [1.165, 1.54) is 0 Å². The minimum Gasteiger partial charge on any atom is -0.363 e. The van der Waals surface area contributed by atoms with E-state index in [1.807, 2.05) is 25.1 Å². The van der Waals surface area contributed by atoms with E-state index in [0.29, 0.717) is 5.11 Å². The molecule has 2 nitrogen and oxygen atoms in total. The third-order valence-corrected chi connectivity index (χ3v) is 3.19. The van der Waals surface area contributed by atoms with Crippen molar-refractivity contribution in [2.75, 3.05) is 11.9 Å². The summed E-state index contributed by atoms with van der Waals surface area (Å²) in [5, 5.41) is 6.83. The lowest BCUT2D eigenvalue weighted by Gasteiger charge is -2.10. The monoisotopic (exact) mass is 384 g/mol. The van der Waals surface area contributed by atoms with Crippen LogP contribution in [-0.2, 0) is 0 Å². The molecule has 0 saturated carbocycles. The molecule has 0 aromatic heterocycles. The second kappa shape index (κ2) is 5.87. The predicted molar refractivity (Wildman–Crippen MR) is 76.8 cm³/mol. The minimum absolute atomic E-state index is 0.656. The molecule has 0 saturated heterocycles. The van der Waals surface area contributed by atoms with Gasteiger partial charge in [0.25, 0.3) is 0 Å². The fourth-order valence-corrected chi connectivity index (χ4v) is 2.01. The Hall–Kier alpha value is 0.120. The zero-order valence-corrected chi connectivity index (χ0v) is 12.2. The zero-order valence-electron chi connectivity index (χ0n) is 7.60. The summed E-state index contributed by atoms with van der Waals surface area (Å²) in [6, 6.07) is 6.04. The first-order chi connectivity index (χ1) is 6.63. The van der Waals surface area contributed by atoms with Crippen LogP contribution in [0.2, 0.25) is 0 Å². The van der Waals surface area contributed by atoms with E-state index in [2.05, 4.69) is 49.2 Å². The first kappa shape index (κ1) is 12.2. The van der Waals surface area contributed by atoms with E-state index in [-0.39, 0.29) is 0 Å². The Morgan fingerprint density at radius 1 is 1.57 bits per heavy atom. The zero-order chi connectivity index (χ0) is 10.6. The SMILES string of the molecule is CCNC(=S)Nc1cc(Br)ccc1I. The number of benzene rings is 1. The molecule has 0 atom stereocenters. The molecule has 0 aliphatic carbocycles. The van der Waals surface area contributed by atoms with Crippen molar-refractivity contribution >= 4 is 61.5 Å². The highest BCUT2D eigenvalue weighted by atomic mass is 127. The Balaban J connectivity index is 2.75. The average molecular weight is 385 g/mol. The van der Waals surface area contributed by atoms with Gasteiger partial charge in [0, 0.05) is 14.6 Å². The maximum absolute atomic E-state index is 5.10. The summed E-state index contributed by atoms with van der Waals surface area (Å²) in [6.07, 6.45) is 0. The van der Waals surface area contributed by atoms with Gasteiger partial charge in [0.2, 0.25) is 0 Å². The number of thiocarbonyl (C=S) groups is 1. The van der Waals surface area contributed by atoms with Crippen molar-refractivity contribution in [3.63, 3.8) is 0 Å². The van der Waals surface area contributed by atoms with Gasteiger partial charge in [-0.3, -0.25) is 0 Å². The lowest BCUT2D eigenvalue weighted by atomic mass is 10.3. The molecule has 0 radical (unpaired) electrons. The first-order valence-electron chi connectivity index (χ1n) is 4.13. The van der Waals surface area contributed by atoms with Crippen LogP contribution in [0.5, 0.6) is 0 Å². The third-order valence-electron chi connectivity index (χ3n) is 1.51. The molecule has 0 fully saturated rings. The molecule has 0 bridgehead atoms. The first-order valence-corrected chi connectivity index (χ1v) is 6.41. The molecule has 1 rings (SSSR count). The predicted octanol–water partition coefficient (Wildman–Crippen LogP) is 3.36. The third kappa shape index (κ3) is 3.70. The van der Waals surface area contributed by atoms with Gasteiger partial charge in [0.1, 0.15) is 0 Å². The van der Waals surface area contributed by atoms with Crippen LogP contribution in [0.3, 0.4) is 0 Å². The van der Waals surface area contributed by atoms with Crippen LogP contribution in [0, 0.1) is 3.57 Å². The highest BCUT2D eigenvalue weighted by molar-refractivity contribution is 14.1. The van der Waals surface area contributed by atoms with Gasteiger partial charge in [-0.25, -0.2) is 0 Å². The quantitative estimate of drug-likeness (QED) is 0.603. The summed E-state index contributed by atoms with van der Waals surface area (Å²) in [4.78, 5) is 0. The molecular weight excluding hydrogens is 375 g/mol. The standard InChI is InChI=1S/C9H10BrIN2S/c1-2-12-9(14)13-8-5-6(10)3-4-7(8)11/h3-5H,2H2,1H3,(H2,12,13,14). The molecule has 76 valence electrons. The van der Waals surface area contributed by atoms with Crippen molar-refractivity contribution in [3.05, 3.63) is 26.2 Å². The van der Waals surface area contributed by atoms with Crippen molar-refractivity contribution in [3.8, 4) is 0 Å². The Morgan fingerprint density at radius 2 is 2.29 bits per heavy atom. The van der Waals surface area contributed by atoms with E-state index in [0.717, 1.165) is 20.3 Å². The molecule has 0 aliphatic rings. The van der Waals surface area contributed by atoms with Crippen LogP contribution in [0.4, 0.5) is 5.69 Å². The van der Waals surface area contributed by atoms with E-state index >= 15 is 0 Å². The Bertz CT molecular complexity index is 344. The summed E-state index contributed by atoms with van der Waals surface area (Å²) < 4.78 is 2.19. The van der Waals surface area contributed by atoms with E-state index in [1.54, 1.807) is 0 Å². The Labute approximate surface area is 111 Å². The van der Waals surface area contributed by atoms with Crippen LogP contribution in [0.1, 0.15) is 6.92 Å². The second-order valence-electron chi connectivity index (χ2n) is 2.61. The summed E-state index contributed by atoms with van der Waals surface area (Å²) in [5.74, 6) is 0. The maximum atomic E-state index is 5.10. The molecule has 2 N–H and O–H groups in total. The van der Waals surface area contributed by atoms with E-state index in [9.17, 15) is 0 Å². The minimum atomic E-state index is 0.656. The summed E-state index contributed by atoms with van der Waals surface area (Å²) >= 11 is 10.8. The highest BCUT2D eigenvalue weighted by Gasteiger charge is 2.01. The van der Waals surface area contributed by atoms with Crippen molar-refractivity contribution < 1.29 is 0 Å². The van der Waals surface area contributed by atoms with Crippen molar-refractivity contribution in [1.82, 2.24) is 5.32 Å². The number of hydrogen-bond acceptors (Lipinski definition) is 1. The van der Waals surface area contributed by atoms with Gasteiger partial charge in [0.05, 0.1) is 5.69 Å². The molecule has 1 aromatic rings. The van der Waals surface area contributed by atoms with Crippen LogP contribution in [-0.4, -0.2) is 11.7 Å². The molecule has 5 heteroatoms. The number of rotatable bonds is 2. The van der Waals surface area contributed by atoms with Crippen LogP contribution in [0.25, 0.3) is 0 Å². The van der Waals surface area contributed by atoms with Crippen LogP contribution < -0.4 is 10.6 Å². The molecule has 0 unspecified atom stereocenters. The van der Waals surface area contributed by atoms with E-state index < -0.39 is 0 Å². The average Bonchev–Trinajstić information content (AvgIpc) is 2.12. The molecule has 0 spiro atoms. The maximum Gasteiger partial charge on any atom is 0.170 e. The van der Waals surface area contributed by atoms with E-state index in [4.69, 9.17) is 12.2 Å². The summed E-state index contributed by atoms with van der Waals surface area (Å²) in [7, 11) is 0. The Kier molecular flexibility index (Phi) is 5.11. The van der Waals surface area contributed by atoms with Gasteiger partial charge in [-0.15, -0.1) is 0 Å². The van der Waals surface area contributed by atoms with Crippen LogP contribution in [0.15, 0.2) is 22.7 Å². The molecule has 1 aromatic carbocycles. The van der Waals surface area contributed by atoms with Gasteiger partial charge in [0.15, 0.2) is 5.11 Å². The summed E-state index contributed by atoms with van der Waals surface area (Å²) in [6.45, 7) is 2.84. The molecule has 0 amide bonds. The van der Waals surface area contributed by atoms with Gasteiger partial charge in [-0.05, 0) is 59.9 Å². The van der Waals surface area contributed by atoms with Crippen molar-refractivity contribution in [2.24, 2.45) is 0 Å². The van der Waals surface area contributed by atoms with Crippen molar-refractivity contribution in [2.45, 2.75) is 6.92 Å². The highest BCUT2D eigenvalue weighted by Crippen LogP contribution is 2.22. The fourth-order valence-electron chi connectivity index (χ4n) is 0.920. The second-order valence-corrected chi connectivity index (χ2v) is 5.09. The number of nitrogens with one attached hydrogen (secondary N) is 2.